The van der Waals surface area contributed by atoms with Crippen molar-refractivity contribution in [2.24, 2.45) is 5.73 Å². The summed E-state index contributed by atoms with van der Waals surface area (Å²) in [6.45, 7) is 5.01. The second kappa shape index (κ2) is 10.9. The lowest BCUT2D eigenvalue weighted by atomic mass is 9.70. The molecule has 0 bridgehead atoms. The Bertz CT molecular complexity index is 1550. The lowest BCUT2D eigenvalue weighted by Gasteiger charge is -2.28. The van der Waals surface area contributed by atoms with Crippen LogP contribution in [-0.4, -0.2) is 29.6 Å². The van der Waals surface area contributed by atoms with Crippen LogP contribution in [-0.2, 0) is 5.41 Å². The Morgan fingerprint density at radius 3 is 2.03 bits per heavy atom. The zero-order valence-electron chi connectivity index (χ0n) is 20.8. The van der Waals surface area contributed by atoms with Gasteiger partial charge in [-0.3, -0.25) is 9.59 Å². The maximum absolute atomic E-state index is 14.0. The van der Waals surface area contributed by atoms with E-state index in [0.717, 1.165) is 8.95 Å². The first-order chi connectivity index (χ1) is 18.2. The molecule has 1 aliphatic carbocycles. The van der Waals surface area contributed by atoms with Crippen LogP contribution in [0.2, 0.25) is 0 Å². The minimum absolute atomic E-state index is 0.0159. The average molecular weight is 633 g/mol. The third-order valence-electron chi connectivity index (χ3n) is 6.76. The van der Waals surface area contributed by atoms with E-state index in [0.29, 0.717) is 35.6 Å². The largest absolute Gasteiger partial charge is 0.398 e. The molecule has 1 unspecified atom stereocenters. The van der Waals surface area contributed by atoms with Gasteiger partial charge in [-0.2, -0.15) is 10.5 Å². The molecule has 0 spiro atoms. The van der Waals surface area contributed by atoms with Crippen molar-refractivity contribution in [1.29, 1.82) is 10.5 Å². The fourth-order valence-electron chi connectivity index (χ4n) is 4.88. The number of hydrogen-bond donors (Lipinski definition) is 1. The lowest BCUT2D eigenvalue weighted by Crippen LogP contribution is -2.34. The number of nitriles is 2. The van der Waals surface area contributed by atoms with E-state index in [2.05, 4.69) is 49.0 Å². The van der Waals surface area contributed by atoms with Gasteiger partial charge in [-0.1, -0.05) is 44.0 Å². The molecule has 3 aromatic rings. The van der Waals surface area contributed by atoms with Gasteiger partial charge in [0.05, 0.1) is 6.07 Å². The summed E-state index contributed by atoms with van der Waals surface area (Å²) in [4.78, 5) is 34.0. The quantitative estimate of drug-likeness (QED) is 0.305. The van der Waals surface area contributed by atoms with Crippen LogP contribution >= 0.6 is 31.9 Å². The molecule has 0 radical (unpaired) electrons. The van der Waals surface area contributed by atoms with E-state index in [1.807, 2.05) is 18.7 Å². The van der Waals surface area contributed by atoms with Crippen molar-refractivity contribution < 1.29 is 9.59 Å². The lowest BCUT2D eigenvalue weighted by molar-refractivity contribution is 0.0961. The number of nitrogens with two attached hydrogens (primary N) is 1. The van der Waals surface area contributed by atoms with Gasteiger partial charge < -0.3 is 10.6 Å². The summed E-state index contributed by atoms with van der Waals surface area (Å²) in [5.74, 6) is -0.451. The van der Waals surface area contributed by atoms with Crippen LogP contribution < -0.4 is 10.6 Å². The zero-order chi connectivity index (χ0) is 27.6. The SMILES string of the molecule is CCN(CC)c1ncc2c(c1C#N)C(C#N)(CC(=O)c1ccc(Br)cc1)C(C(=O)c1ccc(Br)cc1)=C2N. The van der Waals surface area contributed by atoms with Crippen LogP contribution in [0.5, 0.6) is 0 Å². The number of carbonyl (C=O) groups is 2. The van der Waals surface area contributed by atoms with Gasteiger partial charge >= 0.3 is 0 Å². The Morgan fingerprint density at radius 2 is 1.53 bits per heavy atom. The van der Waals surface area contributed by atoms with Crippen molar-refractivity contribution in [1.82, 2.24) is 4.98 Å². The van der Waals surface area contributed by atoms with Gasteiger partial charge in [0.2, 0.25) is 0 Å². The number of carbonyl (C=O) groups excluding carboxylic acids is 2. The number of aromatic nitrogens is 1. The van der Waals surface area contributed by atoms with Crippen molar-refractivity contribution in [2.75, 3.05) is 18.0 Å². The van der Waals surface area contributed by atoms with Crippen LogP contribution in [0.25, 0.3) is 5.70 Å². The number of Topliss-reactive ketones (excluding diaryl/α,β-unsaturated/α-hetero) is 2. The molecule has 2 aromatic carbocycles. The molecular weight excluding hydrogens is 610 g/mol. The van der Waals surface area contributed by atoms with Crippen molar-refractivity contribution in [2.45, 2.75) is 25.7 Å². The summed E-state index contributed by atoms with van der Waals surface area (Å²) in [7, 11) is 0. The number of nitrogens with zero attached hydrogens (tertiary/aromatic N) is 4. The highest BCUT2D eigenvalue weighted by Crippen LogP contribution is 2.51. The molecule has 190 valence electrons. The highest BCUT2D eigenvalue weighted by atomic mass is 79.9. The molecule has 1 aromatic heterocycles. The number of benzene rings is 2. The molecule has 1 aliphatic rings. The Labute approximate surface area is 237 Å². The molecule has 38 heavy (non-hydrogen) atoms. The normalized spacial score (nSPS) is 15.9. The van der Waals surface area contributed by atoms with Crippen molar-refractivity contribution in [3.63, 3.8) is 0 Å². The van der Waals surface area contributed by atoms with Gasteiger partial charge in [0.25, 0.3) is 0 Å². The Balaban J connectivity index is 2.00. The van der Waals surface area contributed by atoms with Crippen LogP contribution in [0.1, 0.15) is 57.7 Å². The van der Waals surface area contributed by atoms with Gasteiger partial charge in [0.1, 0.15) is 22.9 Å². The van der Waals surface area contributed by atoms with E-state index in [-0.39, 0.29) is 34.6 Å². The molecule has 0 fully saturated rings. The van der Waals surface area contributed by atoms with Gasteiger partial charge in [0.15, 0.2) is 11.6 Å². The molecule has 1 atom stereocenters. The summed E-state index contributed by atoms with van der Waals surface area (Å²) in [6.07, 6.45) is 1.13. The third-order valence-corrected chi connectivity index (χ3v) is 7.82. The Morgan fingerprint density at radius 1 is 0.974 bits per heavy atom. The number of hydrogen-bond acceptors (Lipinski definition) is 7. The van der Waals surface area contributed by atoms with Crippen LogP contribution in [0.15, 0.2) is 69.2 Å². The maximum Gasteiger partial charge on any atom is 0.193 e. The Hall–Kier alpha value is -3.79. The van der Waals surface area contributed by atoms with E-state index >= 15 is 0 Å². The predicted molar refractivity (Wildman–Crippen MR) is 152 cm³/mol. The highest BCUT2D eigenvalue weighted by Gasteiger charge is 2.52. The molecular formula is C29H23Br2N5O2. The molecule has 9 heteroatoms. The van der Waals surface area contributed by atoms with Gasteiger partial charge in [-0.05, 0) is 50.2 Å². The average Bonchev–Trinajstić information content (AvgIpc) is 3.17. The fourth-order valence-corrected chi connectivity index (χ4v) is 5.40. The summed E-state index contributed by atoms with van der Waals surface area (Å²) >= 11 is 6.74. The van der Waals surface area contributed by atoms with Crippen LogP contribution in [0, 0.1) is 22.7 Å². The number of fused-ring (bicyclic) bond motifs is 1. The summed E-state index contributed by atoms with van der Waals surface area (Å²) in [5, 5.41) is 21.1. The molecule has 7 nitrogen and oxygen atoms in total. The molecule has 0 saturated heterocycles. The first-order valence-corrected chi connectivity index (χ1v) is 13.5. The maximum atomic E-state index is 14.0. The Kier molecular flexibility index (Phi) is 7.82. The molecule has 4 rings (SSSR count). The monoisotopic (exact) mass is 631 g/mol. The first kappa shape index (κ1) is 27.3. The minimum Gasteiger partial charge on any atom is -0.398 e. The van der Waals surface area contributed by atoms with E-state index in [1.54, 1.807) is 48.5 Å². The second-order valence-corrected chi connectivity index (χ2v) is 10.6. The standard InChI is InChI=1S/C29H23Br2N5O2/c1-3-36(4-2)28-21(14-32)24-22(15-35-28)26(34)25(27(38)18-7-11-20(31)12-8-18)29(24,16-33)13-23(37)17-5-9-19(30)10-6-17/h5-12,15H,3-4,13,34H2,1-2H3. The van der Waals surface area contributed by atoms with Crippen LogP contribution in [0.3, 0.4) is 0 Å². The van der Waals surface area contributed by atoms with Crippen molar-refractivity contribution >= 4 is 54.9 Å². The smallest absolute Gasteiger partial charge is 0.193 e. The summed E-state index contributed by atoms with van der Waals surface area (Å²) < 4.78 is 1.58. The van der Waals surface area contributed by atoms with E-state index in [9.17, 15) is 20.1 Å². The third kappa shape index (κ3) is 4.53. The number of anilines is 1. The van der Waals surface area contributed by atoms with Gasteiger partial charge in [-0.25, -0.2) is 4.98 Å². The molecule has 1 heterocycles. The number of rotatable bonds is 8. The zero-order valence-corrected chi connectivity index (χ0v) is 23.9. The second-order valence-electron chi connectivity index (χ2n) is 8.78. The van der Waals surface area contributed by atoms with Gasteiger partial charge in [0, 0.05) is 68.2 Å². The molecule has 0 amide bonds. The van der Waals surface area contributed by atoms with Crippen molar-refractivity contribution in [3.8, 4) is 12.1 Å². The van der Waals surface area contributed by atoms with Crippen LogP contribution in [0.4, 0.5) is 5.82 Å². The summed E-state index contributed by atoms with van der Waals surface area (Å²) in [5.41, 5.74) is 6.22. The minimum atomic E-state index is -1.79. The number of ketones is 2. The van der Waals surface area contributed by atoms with E-state index in [4.69, 9.17) is 5.73 Å². The van der Waals surface area contributed by atoms with Gasteiger partial charge in [-0.15, -0.1) is 0 Å². The number of pyridine rings is 1. The number of halogens is 2. The number of allylic oxidation sites excluding steroid dienone is 1. The van der Waals surface area contributed by atoms with Crippen molar-refractivity contribution in [3.05, 3.63) is 97.1 Å². The van der Waals surface area contributed by atoms with E-state index < -0.39 is 11.2 Å². The predicted octanol–water partition coefficient (Wildman–Crippen LogP) is 5.93. The summed E-state index contributed by atoms with van der Waals surface area (Å²) in [6, 6.07) is 17.9. The fraction of sp³-hybridized carbons (Fsp3) is 0.207. The highest BCUT2D eigenvalue weighted by molar-refractivity contribution is 9.10. The molecule has 2 N–H and O–H groups in total. The first-order valence-electron chi connectivity index (χ1n) is 11.9. The topological polar surface area (TPSA) is 124 Å². The molecule has 0 saturated carbocycles. The molecule has 0 aliphatic heterocycles. The van der Waals surface area contributed by atoms with E-state index in [1.165, 1.54) is 6.20 Å².